The van der Waals surface area contributed by atoms with Crippen molar-refractivity contribution in [1.82, 2.24) is 4.57 Å². The molecule has 3 rings (SSSR count). The molecule has 0 saturated carbocycles. The molecule has 0 aliphatic heterocycles. The lowest BCUT2D eigenvalue weighted by molar-refractivity contribution is -0.697. The summed E-state index contributed by atoms with van der Waals surface area (Å²) in [5.74, 6) is 0. The first kappa shape index (κ1) is 22.3. The Kier molecular flexibility index (Phi) is 8.30. The highest BCUT2D eigenvalue weighted by Crippen LogP contribution is 2.41. The fourth-order valence-electron chi connectivity index (χ4n) is 4.72. The number of hydrogen-bond acceptors (Lipinski definition) is 0. The Bertz CT molecular complexity index is 853. The molecule has 2 unspecified atom stereocenters. The number of benzene rings is 2. The van der Waals surface area contributed by atoms with E-state index in [-0.39, 0.29) is 5.41 Å². The van der Waals surface area contributed by atoms with Gasteiger partial charge < -0.3 is 0 Å². The van der Waals surface area contributed by atoms with Crippen LogP contribution in [0.25, 0.3) is 0 Å². The fraction of sp³-hybridized carbons (Fsp3) is 0.464. The minimum absolute atomic E-state index is 0.0258. The zero-order valence-electron chi connectivity index (χ0n) is 19.1. The van der Waals surface area contributed by atoms with Gasteiger partial charge in [0.2, 0.25) is 6.33 Å². The van der Waals surface area contributed by atoms with E-state index in [9.17, 15) is 0 Å². The molecular formula is C28H39N2+. The number of unbranched alkanes of at least 4 members (excludes halogenated alkanes) is 3. The summed E-state index contributed by atoms with van der Waals surface area (Å²) < 4.78 is 4.88. The van der Waals surface area contributed by atoms with Gasteiger partial charge >= 0.3 is 0 Å². The summed E-state index contributed by atoms with van der Waals surface area (Å²) in [5, 5.41) is 0. The van der Waals surface area contributed by atoms with Crippen LogP contribution in [0, 0.1) is 0 Å². The van der Waals surface area contributed by atoms with Gasteiger partial charge in [0.1, 0.15) is 18.4 Å². The maximum atomic E-state index is 2.50. The van der Waals surface area contributed by atoms with Gasteiger partial charge in [-0.05, 0) is 43.2 Å². The molecule has 3 aromatic rings. The molecule has 2 nitrogen and oxygen atoms in total. The van der Waals surface area contributed by atoms with Crippen LogP contribution < -0.4 is 4.57 Å². The summed E-state index contributed by atoms with van der Waals surface area (Å²) in [6.07, 6.45) is 15.4. The van der Waals surface area contributed by atoms with Crippen LogP contribution in [0.3, 0.4) is 0 Å². The van der Waals surface area contributed by atoms with E-state index < -0.39 is 0 Å². The molecule has 0 bridgehead atoms. The Balaban J connectivity index is 1.97. The normalized spacial score (nSPS) is 14.4. The highest BCUT2D eigenvalue weighted by atomic mass is 15.1. The van der Waals surface area contributed by atoms with Crippen LogP contribution in [0.15, 0.2) is 79.4 Å². The van der Waals surface area contributed by atoms with Crippen LogP contribution in [0.5, 0.6) is 0 Å². The zero-order chi connectivity index (χ0) is 21.2. The average Bonchev–Trinajstić information content (AvgIpc) is 3.24. The minimum atomic E-state index is 0.0258. The van der Waals surface area contributed by atoms with Gasteiger partial charge in [-0.15, -0.1) is 0 Å². The molecule has 0 radical (unpaired) electrons. The van der Waals surface area contributed by atoms with Gasteiger partial charge in [-0.25, -0.2) is 9.13 Å². The van der Waals surface area contributed by atoms with Gasteiger partial charge in [0.05, 0.1) is 6.54 Å². The Morgan fingerprint density at radius 2 is 1.53 bits per heavy atom. The summed E-state index contributed by atoms with van der Waals surface area (Å²) >= 11 is 0. The van der Waals surface area contributed by atoms with E-state index in [0.29, 0.717) is 6.04 Å². The van der Waals surface area contributed by atoms with Crippen LogP contribution in [-0.2, 0) is 18.4 Å². The second kappa shape index (κ2) is 11.2. The number of aryl methyl sites for hydroxylation is 1. The number of hydrogen-bond donors (Lipinski definition) is 0. The van der Waals surface area contributed by atoms with Gasteiger partial charge in [-0.1, -0.05) is 94.3 Å². The Morgan fingerprint density at radius 1 is 0.867 bits per heavy atom. The van der Waals surface area contributed by atoms with Crippen LogP contribution in [0.2, 0.25) is 0 Å². The van der Waals surface area contributed by atoms with E-state index >= 15 is 0 Å². The van der Waals surface area contributed by atoms with E-state index in [4.69, 9.17) is 0 Å². The second-order valence-corrected chi connectivity index (χ2v) is 8.91. The monoisotopic (exact) mass is 403 g/mol. The topological polar surface area (TPSA) is 8.81 Å². The summed E-state index contributed by atoms with van der Waals surface area (Å²) in [7, 11) is 0. The quantitative estimate of drug-likeness (QED) is 0.230. The molecule has 0 aliphatic carbocycles. The molecule has 2 heteroatoms. The van der Waals surface area contributed by atoms with E-state index in [1.165, 1.54) is 49.7 Å². The molecule has 30 heavy (non-hydrogen) atoms. The Labute approximate surface area is 183 Å². The van der Waals surface area contributed by atoms with Gasteiger partial charge in [-0.3, -0.25) is 0 Å². The number of rotatable bonds is 12. The summed E-state index contributed by atoms with van der Waals surface area (Å²) in [4.78, 5) is 0. The predicted molar refractivity (Wildman–Crippen MR) is 127 cm³/mol. The van der Waals surface area contributed by atoms with Crippen molar-refractivity contribution in [3.05, 3.63) is 90.5 Å². The smallest absolute Gasteiger partial charge is 0.237 e. The van der Waals surface area contributed by atoms with Gasteiger partial charge in [0, 0.05) is 5.41 Å². The predicted octanol–water partition coefficient (Wildman–Crippen LogP) is 6.90. The van der Waals surface area contributed by atoms with Gasteiger partial charge in [-0.2, -0.15) is 0 Å². The van der Waals surface area contributed by atoms with Gasteiger partial charge in [0.15, 0.2) is 0 Å². The maximum Gasteiger partial charge on any atom is 0.244 e. The van der Waals surface area contributed by atoms with Crippen LogP contribution in [0.4, 0.5) is 0 Å². The first-order chi connectivity index (χ1) is 14.7. The van der Waals surface area contributed by atoms with Crippen LogP contribution in [0.1, 0.15) is 76.5 Å². The van der Waals surface area contributed by atoms with E-state index in [1.807, 2.05) is 0 Å². The standard InChI is InChI=1S/C28H39N2/c1-4-6-14-20-29-21-22-30(24-29)27(19-7-5-2)28(3,26-17-12-9-13-18-26)23-25-15-10-8-11-16-25/h8-13,15-18,21-22,24,27H,4-7,14,19-20,23H2,1-3H3/q+1. The van der Waals surface area contributed by atoms with Gasteiger partial charge in [0.25, 0.3) is 0 Å². The average molecular weight is 404 g/mol. The summed E-state index contributed by atoms with van der Waals surface area (Å²) in [5.41, 5.74) is 2.87. The number of nitrogens with zero attached hydrogens (tertiary/aromatic N) is 2. The molecule has 160 valence electrons. The Morgan fingerprint density at radius 3 is 2.20 bits per heavy atom. The summed E-state index contributed by atoms with van der Waals surface area (Å²) in [6.45, 7) is 8.15. The first-order valence-corrected chi connectivity index (χ1v) is 11.8. The lowest BCUT2D eigenvalue weighted by atomic mass is 9.70. The molecule has 0 fully saturated rings. The molecule has 0 saturated heterocycles. The van der Waals surface area contributed by atoms with E-state index in [0.717, 1.165) is 13.0 Å². The molecule has 0 amide bonds. The van der Waals surface area contributed by atoms with Crippen molar-refractivity contribution in [2.24, 2.45) is 0 Å². The van der Waals surface area contributed by atoms with Crippen LogP contribution >= 0.6 is 0 Å². The lowest BCUT2D eigenvalue weighted by Gasteiger charge is -2.36. The largest absolute Gasteiger partial charge is 0.244 e. The third-order valence-corrected chi connectivity index (χ3v) is 6.51. The van der Waals surface area contributed by atoms with Crippen LogP contribution in [-0.4, -0.2) is 4.57 Å². The fourth-order valence-corrected chi connectivity index (χ4v) is 4.72. The molecule has 0 N–H and O–H groups in total. The molecule has 0 aliphatic rings. The maximum absolute atomic E-state index is 2.50. The second-order valence-electron chi connectivity index (χ2n) is 8.91. The molecule has 2 aromatic carbocycles. The molecule has 1 heterocycles. The molecule has 0 spiro atoms. The highest BCUT2D eigenvalue weighted by molar-refractivity contribution is 5.30. The third-order valence-electron chi connectivity index (χ3n) is 6.51. The Hall–Kier alpha value is -2.35. The van der Waals surface area contributed by atoms with Crippen molar-refractivity contribution < 1.29 is 4.57 Å². The van der Waals surface area contributed by atoms with Crippen molar-refractivity contribution in [3.8, 4) is 0 Å². The SMILES string of the molecule is CCCCC[n+]1ccn(C(CCCC)C(C)(Cc2ccccc2)c2ccccc2)c1. The van der Waals surface area contributed by atoms with Crippen molar-refractivity contribution >= 4 is 0 Å². The molecular weight excluding hydrogens is 364 g/mol. The summed E-state index contributed by atoms with van der Waals surface area (Å²) in [6, 6.07) is 22.6. The zero-order valence-corrected chi connectivity index (χ0v) is 19.1. The highest BCUT2D eigenvalue weighted by Gasteiger charge is 2.40. The van der Waals surface area contributed by atoms with Crippen molar-refractivity contribution in [1.29, 1.82) is 0 Å². The number of imidazole rings is 1. The molecule has 2 atom stereocenters. The number of aromatic nitrogens is 2. The van der Waals surface area contributed by atoms with Crippen molar-refractivity contribution in [3.63, 3.8) is 0 Å². The lowest BCUT2D eigenvalue weighted by Crippen LogP contribution is -2.38. The molecule has 1 aromatic heterocycles. The van der Waals surface area contributed by atoms with E-state index in [1.54, 1.807) is 0 Å². The van der Waals surface area contributed by atoms with Crippen molar-refractivity contribution in [2.75, 3.05) is 0 Å². The third kappa shape index (κ3) is 5.62. The first-order valence-electron chi connectivity index (χ1n) is 11.8. The van der Waals surface area contributed by atoms with Crippen molar-refractivity contribution in [2.45, 2.75) is 83.7 Å². The van der Waals surface area contributed by atoms with E-state index in [2.05, 4.69) is 109 Å². The minimum Gasteiger partial charge on any atom is -0.237 e.